The zero-order valence-corrected chi connectivity index (χ0v) is 15.2. The lowest BCUT2D eigenvalue weighted by atomic mass is 9.85. The van der Waals surface area contributed by atoms with Gasteiger partial charge < -0.3 is 10.1 Å². The van der Waals surface area contributed by atoms with E-state index in [1.165, 1.54) is 30.2 Å². The van der Waals surface area contributed by atoms with E-state index in [1.54, 1.807) is 0 Å². The molecule has 0 unspecified atom stereocenters. The van der Waals surface area contributed by atoms with Crippen molar-refractivity contribution >= 4 is 29.1 Å². The van der Waals surface area contributed by atoms with Crippen molar-refractivity contribution in [3.63, 3.8) is 0 Å². The lowest BCUT2D eigenvalue weighted by Crippen LogP contribution is -2.35. The molecule has 1 aliphatic heterocycles. The van der Waals surface area contributed by atoms with Gasteiger partial charge in [0, 0.05) is 19.0 Å². The summed E-state index contributed by atoms with van der Waals surface area (Å²) in [6.07, 6.45) is 4.85. The number of fused-ring (bicyclic) bond motifs is 5. The molecule has 9 nitrogen and oxygen atoms in total. The maximum Gasteiger partial charge on any atom is 0.273 e. The minimum Gasteiger partial charge on any atom is -0.494 e. The SMILES string of the molecule is COc1cc([N+](=O)[O-])ccc1NC(=O)CCN1C(=O)[C@H]2[C@H](C1=O)[C@H]1C=C[C@H]2C1. The molecule has 1 heterocycles. The number of nitro benzene ring substituents is 1. The molecular formula is C19H19N3O6. The number of rotatable bonds is 6. The number of nitrogens with zero attached hydrogens (tertiary/aromatic N) is 2. The number of likely N-dealkylation sites (tertiary alicyclic amines) is 1. The third-order valence-corrected chi connectivity index (χ3v) is 5.79. The Kier molecular flexibility index (Phi) is 4.37. The normalized spacial score (nSPS) is 27.2. The molecule has 9 heteroatoms. The number of allylic oxidation sites excluding steroid dienone is 2. The van der Waals surface area contributed by atoms with Crippen LogP contribution in [0.3, 0.4) is 0 Å². The summed E-state index contributed by atoms with van der Waals surface area (Å²) in [6.45, 7) is 0.0191. The van der Waals surface area contributed by atoms with E-state index in [4.69, 9.17) is 4.74 Å². The Morgan fingerprint density at radius 3 is 2.46 bits per heavy atom. The van der Waals surface area contributed by atoms with Crippen LogP contribution in [-0.4, -0.2) is 41.2 Å². The van der Waals surface area contributed by atoms with Gasteiger partial charge in [0.05, 0.1) is 35.6 Å². The standard InChI is InChI=1S/C19H19N3O6/c1-28-14-9-12(22(26)27)4-5-13(14)20-15(23)6-7-21-18(24)16-10-2-3-11(8-10)17(16)19(21)25/h2-5,9-11,16-17H,6-8H2,1H3,(H,20,23)/t10-,11-,16+,17+/m0/s1. The highest BCUT2D eigenvalue weighted by Gasteiger charge is 2.59. The van der Waals surface area contributed by atoms with Gasteiger partial charge in [0.15, 0.2) is 0 Å². The van der Waals surface area contributed by atoms with E-state index in [-0.39, 0.29) is 65.6 Å². The lowest BCUT2D eigenvalue weighted by molar-refractivity contribution is -0.384. The average molecular weight is 385 g/mol. The lowest BCUT2D eigenvalue weighted by Gasteiger charge is -2.17. The molecule has 1 N–H and O–H groups in total. The Labute approximate surface area is 160 Å². The van der Waals surface area contributed by atoms with Crippen LogP contribution in [0.5, 0.6) is 5.75 Å². The van der Waals surface area contributed by atoms with Gasteiger partial charge in [-0.15, -0.1) is 0 Å². The second kappa shape index (κ2) is 6.74. The highest BCUT2D eigenvalue weighted by molar-refractivity contribution is 6.06. The van der Waals surface area contributed by atoms with Crippen LogP contribution in [0.2, 0.25) is 0 Å². The van der Waals surface area contributed by atoms with Crippen LogP contribution < -0.4 is 10.1 Å². The molecule has 3 amide bonds. The molecule has 0 aromatic heterocycles. The predicted molar refractivity (Wildman–Crippen MR) is 97.3 cm³/mol. The molecular weight excluding hydrogens is 366 g/mol. The van der Waals surface area contributed by atoms with Crippen LogP contribution in [0.1, 0.15) is 12.8 Å². The Morgan fingerprint density at radius 1 is 1.25 bits per heavy atom. The van der Waals surface area contributed by atoms with Crippen molar-refractivity contribution in [1.29, 1.82) is 0 Å². The van der Waals surface area contributed by atoms with Crippen molar-refractivity contribution in [2.24, 2.45) is 23.7 Å². The summed E-state index contributed by atoms with van der Waals surface area (Å²) in [5.74, 6) is -0.913. The quantitative estimate of drug-likeness (QED) is 0.345. The van der Waals surface area contributed by atoms with Gasteiger partial charge in [-0.2, -0.15) is 0 Å². The minimum absolute atomic E-state index is 0.0191. The van der Waals surface area contributed by atoms with Gasteiger partial charge in [-0.3, -0.25) is 29.4 Å². The number of nitrogens with one attached hydrogen (secondary N) is 1. The molecule has 3 aliphatic rings. The highest BCUT2D eigenvalue weighted by Crippen LogP contribution is 2.52. The van der Waals surface area contributed by atoms with E-state index < -0.39 is 10.8 Å². The van der Waals surface area contributed by atoms with Crippen molar-refractivity contribution in [2.45, 2.75) is 12.8 Å². The molecule has 146 valence electrons. The number of nitro groups is 1. The van der Waals surface area contributed by atoms with Crippen molar-refractivity contribution in [3.05, 3.63) is 40.5 Å². The van der Waals surface area contributed by atoms with E-state index in [0.29, 0.717) is 0 Å². The number of anilines is 1. The Bertz CT molecular complexity index is 881. The second-order valence-corrected chi connectivity index (χ2v) is 7.27. The average Bonchev–Trinajstić information content (AvgIpc) is 3.35. The number of hydrogen-bond acceptors (Lipinski definition) is 6. The summed E-state index contributed by atoms with van der Waals surface area (Å²) in [6, 6.07) is 3.86. The molecule has 1 aromatic carbocycles. The predicted octanol–water partition coefficient (Wildman–Crippen LogP) is 1.74. The third kappa shape index (κ3) is 2.83. The fraction of sp³-hybridized carbons (Fsp3) is 0.421. The maximum absolute atomic E-state index is 12.6. The maximum atomic E-state index is 12.6. The van der Waals surface area contributed by atoms with E-state index >= 15 is 0 Å². The van der Waals surface area contributed by atoms with Crippen LogP contribution in [0.4, 0.5) is 11.4 Å². The van der Waals surface area contributed by atoms with Gasteiger partial charge in [0.2, 0.25) is 17.7 Å². The van der Waals surface area contributed by atoms with E-state index in [2.05, 4.69) is 5.32 Å². The Hall–Kier alpha value is -3.23. The number of hydrogen-bond donors (Lipinski definition) is 1. The number of carbonyl (C=O) groups is 3. The number of non-ortho nitro benzene ring substituents is 1. The highest BCUT2D eigenvalue weighted by atomic mass is 16.6. The van der Waals surface area contributed by atoms with Gasteiger partial charge in [0.1, 0.15) is 5.75 Å². The summed E-state index contributed by atoms with van der Waals surface area (Å²) in [7, 11) is 1.34. The summed E-state index contributed by atoms with van der Waals surface area (Å²) in [5, 5.41) is 13.4. The van der Waals surface area contributed by atoms with Gasteiger partial charge in [-0.1, -0.05) is 12.2 Å². The molecule has 2 bridgehead atoms. The molecule has 4 atom stereocenters. The molecule has 0 spiro atoms. The topological polar surface area (TPSA) is 119 Å². The number of imide groups is 1. The van der Waals surface area contributed by atoms with E-state index in [0.717, 1.165) is 6.42 Å². The van der Waals surface area contributed by atoms with E-state index in [9.17, 15) is 24.5 Å². The molecule has 1 saturated heterocycles. The van der Waals surface area contributed by atoms with Crippen LogP contribution in [0.25, 0.3) is 0 Å². The second-order valence-electron chi connectivity index (χ2n) is 7.27. The van der Waals surface area contributed by atoms with Crippen LogP contribution in [-0.2, 0) is 14.4 Å². The summed E-state index contributed by atoms with van der Waals surface area (Å²) < 4.78 is 5.09. The first-order valence-electron chi connectivity index (χ1n) is 9.06. The van der Waals surface area contributed by atoms with Gasteiger partial charge in [-0.25, -0.2) is 0 Å². The first kappa shape index (κ1) is 18.1. The number of amides is 3. The molecule has 0 radical (unpaired) electrons. The summed E-state index contributed by atoms with van der Waals surface area (Å²) in [5.41, 5.74) is 0.133. The first-order valence-corrected chi connectivity index (χ1v) is 9.06. The van der Waals surface area contributed by atoms with Crippen molar-refractivity contribution in [1.82, 2.24) is 4.90 Å². The summed E-state index contributed by atoms with van der Waals surface area (Å²) >= 11 is 0. The number of methoxy groups -OCH3 is 1. The first-order chi connectivity index (χ1) is 13.4. The van der Waals surface area contributed by atoms with Gasteiger partial charge >= 0.3 is 0 Å². The molecule has 4 rings (SSSR count). The van der Waals surface area contributed by atoms with Gasteiger partial charge in [0.25, 0.3) is 5.69 Å². The fourth-order valence-electron chi connectivity index (χ4n) is 4.51. The van der Waals surface area contributed by atoms with E-state index in [1.807, 2.05) is 12.2 Å². The molecule has 28 heavy (non-hydrogen) atoms. The number of ether oxygens (including phenoxy) is 1. The van der Waals surface area contributed by atoms with Crippen LogP contribution >= 0.6 is 0 Å². The van der Waals surface area contributed by atoms with Crippen LogP contribution in [0, 0.1) is 33.8 Å². The summed E-state index contributed by atoms with van der Waals surface area (Å²) in [4.78, 5) is 49.0. The molecule has 2 fully saturated rings. The third-order valence-electron chi connectivity index (χ3n) is 5.79. The van der Waals surface area contributed by atoms with Crippen LogP contribution in [0.15, 0.2) is 30.4 Å². The largest absolute Gasteiger partial charge is 0.494 e. The molecule has 2 aliphatic carbocycles. The van der Waals surface area contributed by atoms with Crippen molar-refractivity contribution in [2.75, 3.05) is 19.0 Å². The zero-order valence-electron chi connectivity index (χ0n) is 15.2. The number of carbonyl (C=O) groups excluding carboxylic acids is 3. The van der Waals surface area contributed by atoms with Crippen molar-refractivity contribution in [3.8, 4) is 5.75 Å². The minimum atomic E-state index is -0.558. The smallest absolute Gasteiger partial charge is 0.273 e. The monoisotopic (exact) mass is 385 g/mol. The molecule has 1 saturated carbocycles. The fourth-order valence-corrected chi connectivity index (χ4v) is 4.51. The molecule has 1 aromatic rings. The Morgan fingerprint density at radius 2 is 1.89 bits per heavy atom. The van der Waals surface area contributed by atoms with Gasteiger partial charge in [-0.05, 0) is 24.3 Å². The Balaban J connectivity index is 1.39. The number of benzene rings is 1. The van der Waals surface area contributed by atoms with Crippen molar-refractivity contribution < 1.29 is 24.0 Å². The zero-order chi connectivity index (χ0) is 20.0.